The maximum Gasteiger partial charge on any atom is 0.181 e. The molecule has 0 aromatic rings. The molecule has 66 valence electrons. The molecule has 1 saturated heterocycles. The molecule has 1 aliphatic heterocycles. The average molecular weight is 164 g/mol. The largest absolute Gasteiger partial charge is 0.394 e. The highest BCUT2D eigenvalue weighted by atomic mass is 16.6. The minimum Gasteiger partial charge on any atom is -0.394 e. The molecule has 0 radical (unpaired) electrons. The van der Waals surface area contributed by atoms with E-state index in [9.17, 15) is 0 Å². The van der Waals surface area contributed by atoms with E-state index in [1.54, 1.807) is 0 Å². The smallest absolute Gasteiger partial charge is 0.181 e. The molecule has 0 aliphatic carbocycles. The Balaban J connectivity index is 2.48. The summed E-state index contributed by atoms with van der Waals surface area (Å²) in [7, 11) is 0. The lowest BCUT2D eigenvalue weighted by molar-refractivity contribution is -0.251. The standard InChI is InChI=1S/C6H12O5/c7-2-5-3(8)1-4(9)6(10)11-5/h3-10H,1-2H2/t3-,4-,5+,6?/m1/s1. The molecule has 5 heteroatoms. The zero-order chi connectivity index (χ0) is 8.43. The summed E-state index contributed by atoms with van der Waals surface area (Å²) in [5, 5.41) is 35.5. The number of aliphatic hydroxyl groups excluding tert-OH is 4. The Morgan fingerprint density at radius 2 is 1.82 bits per heavy atom. The van der Waals surface area contributed by atoms with Crippen molar-refractivity contribution in [1.29, 1.82) is 0 Å². The molecule has 0 bridgehead atoms. The Bertz CT molecular complexity index is 128. The van der Waals surface area contributed by atoms with Crippen molar-refractivity contribution in [3.05, 3.63) is 0 Å². The van der Waals surface area contributed by atoms with Crippen LogP contribution in [0.5, 0.6) is 0 Å². The van der Waals surface area contributed by atoms with Gasteiger partial charge in [0.15, 0.2) is 6.29 Å². The van der Waals surface area contributed by atoms with Crippen LogP contribution >= 0.6 is 0 Å². The minimum atomic E-state index is -1.30. The third kappa shape index (κ3) is 1.88. The Morgan fingerprint density at radius 3 is 2.36 bits per heavy atom. The third-order valence-corrected chi connectivity index (χ3v) is 1.74. The maximum atomic E-state index is 9.10. The van der Waals surface area contributed by atoms with E-state index < -0.39 is 24.6 Å². The highest BCUT2D eigenvalue weighted by Crippen LogP contribution is 2.18. The lowest BCUT2D eigenvalue weighted by atomic mass is 10.0. The summed E-state index contributed by atoms with van der Waals surface area (Å²) in [5.41, 5.74) is 0. The quantitative estimate of drug-likeness (QED) is 0.353. The summed E-state index contributed by atoms with van der Waals surface area (Å²) in [5.74, 6) is 0. The van der Waals surface area contributed by atoms with E-state index in [2.05, 4.69) is 4.74 Å². The van der Waals surface area contributed by atoms with E-state index in [0.29, 0.717) is 0 Å². The van der Waals surface area contributed by atoms with Gasteiger partial charge in [-0.2, -0.15) is 0 Å². The number of rotatable bonds is 1. The highest BCUT2D eigenvalue weighted by molar-refractivity contribution is 4.79. The zero-order valence-electron chi connectivity index (χ0n) is 5.92. The fourth-order valence-electron chi connectivity index (χ4n) is 1.04. The van der Waals surface area contributed by atoms with Crippen LogP contribution in [0.25, 0.3) is 0 Å². The van der Waals surface area contributed by atoms with Crippen molar-refractivity contribution < 1.29 is 25.2 Å². The van der Waals surface area contributed by atoms with Gasteiger partial charge in [0.05, 0.1) is 12.7 Å². The van der Waals surface area contributed by atoms with Crippen molar-refractivity contribution in [1.82, 2.24) is 0 Å². The molecule has 0 aromatic heterocycles. The van der Waals surface area contributed by atoms with Crippen molar-refractivity contribution >= 4 is 0 Å². The van der Waals surface area contributed by atoms with Crippen molar-refractivity contribution in [2.24, 2.45) is 0 Å². The molecule has 0 saturated carbocycles. The Morgan fingerprint density at radius 1 is 1.18 bits per heavy atom. The second kappa shape index (κ2) is 3.46. The fraction of sp³-hybridized carbons (Fsp3) is 1.00. The second-order valence-electron chi connectivity index (χ2n) is 2.62. The third-order valence-electron chi connectivity index (χ3n) is 1.74. The van der Waals surface area contributed by atoms with Crippen molar-refractivity contribution in [3.8, 4) is 0 Å². The number of ether oxygens (including phenoxy) is 1. The van der Waals surface area contributed by atoms with E-state index >= 15 is 0 Å². The Kier molecular flexibility index (Phi) is 2.80. The minimum absolute atomic E-state index is 0.0341. The number of hydrogen-bond acceptors (Lipinski definition) is 5. The predicted octanol–water partition coefficient (Wildman–Crippen LogP) is -2.19. The van der Waals surface area contributed by atoms with Gasteiger partial charge in [-0.1, -0.05) is 0 Å². The van der Waals surface area contributed by atoms with Gasteiger partial charge < -0.3 is 25.2 Å². The van der Waals surface area contributed by atoms with Crippen molar-refractivity contribution in [3.63, 3.8) is 0 Å². The van der Waals surface area contributed by atoms with Gasteiger partial charge in [-0.15, -0.1) is 0 Å². The van der Waals surface area contributed by atoms with Crippen LogP contribution < -0.4 is 0 Å². The van der Waals surface area contributed by atoms with Gasteiger partial charge >= 0.3 is 0 Å². The molecule has 1 aliphatic rings. The van der Waals surface area contributed by atoms with E-state index in [0.717, 1.165) is 0 Å². The number of hydrogen-bond donors (Lipinski definition) is 4. The maximum absolute atomic E-state index is 9.10. The van der Waals surface area contributed by atoms with Gasteiger partial charge in [0.2, 0.25) is 0 Å². The van der Waals surface area contributed by atoms with E-state index in [1.807, 2.05) is 0 Å². The highest BCUT2D eigenvalue weighted by Gasteiger charge is 2.34. The summed E-state index contributed by atoms with van der Waals surface area (Å²) >= 11 is 0. The van der Waals surface area contributed by atoms with Gasteiger partial charge in [0.1, 0.15) is 12.2 Å². The molecule has 0 aromatic carbocycles. The SMILES string of the molecule is OC[C@@H]1OC(O)[C@H](O)C[C@H]1O. The van der Waals surface area contributed by atoms with E-state index in [4.69, 9.17) is 20.4 Å². The molecular formula is C6H12O5. The first-order valence-corrected chi connectivity index (χ1v) is 3.45. The average Bonchev–Trinajstić information content (AvgIpc) is 1.97. The molecule has 5 nitrogen and oxygen atoms in total. The molecule has 11 heavy (non-hydrogen) atoms. The van der Waals surface area contributed by atoms with Crippen molar-refractivity contribution in [2.75, 3.05) is 6.61 Å². The van der Waals surface area contributed by atoms with Gasteiger partial charge in [0.25, 0.3) is 0 Å². The predicted molar refractivity (Wildman–Crippen MR) is 34.6 cm³/mol. The molecule has 4 N–H and O–H groups in total. The van der Waals surface area contributed by atoms with Crippen LogP contribution in [-0.4, -0.2) is 51.6 Å². The Labute approximate surface area is 63.8 Å². The van der Waals surface area contributed by atoms with Crippen LogP contribution in [-0.2, 0) is 4.74 Å². The molecule has 0 amide bonds. The summed E-state index contributed by atoms with van der Waals surface area (Å²) in [6, 6.07) is 0. The molecule has 1 unspecified atom stereocenters. The summed E-state index contributed by atoms with van der Waals surface area (Å²) in [6.07, 6.45) is -4.01. The molecule has 1 fully saturated rings. The first-order chi connectivity index (χ1) is 5.15. The van der Waals surface area contributed by atoms with Crippen molar-refractivity contribution in [2.45, 2.75) is 31.0 Å². The van der Waals surface area contributed by atoms with Crippen LogP contribution in [0, 0.1) is 0 Å². The molecular weight excluding hydrogens is 152 g/mol. The van der Waals surface area contributed by atoms with E-state index in [1.165, 1.54) is 0 Å². The normalized spacial score (nSPS) is 45.8. The topological polar surface area (TPSA) is 90.2 Å². The van der Waals surface area contributed by atoms with Crippen LogP contribution in [0.2, 0.25) is 0 Å². The Hall–Kier alpha value is -0.200. The molecule has 1 heterocycles. The summed E-state index contributed by atoms with van der Waals surface area (Å²) in [4.78, 5) is 0. The van der Waals surface area contributed by atoms with Gasteiger partial charge in [-0.3, -0.25) is 0 Å². The van der Waals surface area contributed by atoms with E-state index in [-0.39, 0.29) is 13.0 Å². The first-order valence-electron chi connectivity index (χ1n) is 3.45. The first kappa shape index (κ1) is 8.89. The van der Waals surface area contributed by atoms with Gasteiger partial charge in [-0.05, 0) is 0 Å². The lowest BCUT2D eigenvalue weighted by Crippen LogP contribution is -2.48. The zero-order valence-corrected chi connectivity index (χ0v) is 5.92. The molecule has 0 spiro atoms. The molecule has 1 rings (SSSR count). The van der Waals surface area contributed by atoms with Crippen LogP contribution in [0.15, 0.2) is 0 Å². The summed E-state index contributed by atoms with van der Waals surface area (Å²) < 4.78 is 4.67. The fourth-order valence-corrected chi connectivity index (χ4v) is 1.04. The van der Waals surface area contributed by atoms with Crippen LogP contribution in [0.1, 0.15) is 6.42 Å². The van der Waals surface area contributed by atoms with Gasteiger partial charge in [0, 0.05) is 6.42 Å². The van der Waals surface area contributed by atoms with Crippen LogP contribution in [0.4, 0.5) is 0 Å². The lowest BCUT2D eigenvalue weighted by Gasteiger charge is -2.33. The van der Waals surface area contributed by atoms with Gasteiger partial charge in [-0.25, -0.2) is 0 Å². The second-order valence-corrected chi connectivity index (χ2v) is 2.62. The monoisotopic (exact) mass is 164 g/mol. The van der Waals surface area contributed by atoms with Crippen LogP contribution in [0.3, 0.4) is 0 Å². The summed E-state index contributed by atoms with van der Waals surface area (Å²) in [6.45, 7) is -0.356. The number of aliphatic hydroxyl groups is 4. The molecule has 4 atom stereocenters.